The molecular weight excluding hydrogens is 227 g/mol. The van der Waals surface area contributed by atoms with Gasteiger partial charge in [-0.25, -0.2) is 4.39 Å². The molecule has 3 N–H and O–H groups in total. The Bertz CT molecular complexity index is 370. The van der Waals surface area contributed by atoms with Crippen molar-refractivity contribution in [2.45, 2.75) is 37.8 Å². The van der Waals surface area contributed by atoms with E-state index in [1.165, 1.54) is 0 Å². The van der Waals surface area contributed by atoms with Gasteiger partial charge in [0, 0.05) is 12.1 Å². The first-order valence-corrected chi connectivity index (χ1v) is 6.00. The third-order valence-corrected chi connectivity index (χ3v) is 3.32. The lowest BCUT2D eigenvalue weighted by Gasteiger charge is -2.28. The number of nitrogens with two attached hydrogens (primary N) is 1. The highest BCUT2D eigenvalue weighted by atomic mass is 35.5. The average molecular weight is 243 g/mol. The van der Waals surface area contributed by atoms with Crippen molar-refractivity contribution in [3.8, 4) is 0 Å². The summed E-state index contributed by atoms with van der Waals surface area (Å²) >= 11 is 5.72. The quantitative estimate of drug-likeness (QED) is 0.836. The summed E-state index contributed by atoms with van der Waals surface area (Å²) in [7, 11) is 0. The molecule has 4 heteroatoms. The lowest BCUT2D eigenvalue weighted by molar-refractivity contribution is 0.408. The molecule has 2 atom stereocenters. The van der Waals surface area contributed by atoms with Gasteiger partial charge < -0.3 is 11.1 Å². The summed E-state index contributed by atoms with van der Waals surface area (Å²) in [5.41, 5.74) is 6.37. The first-order valence-electron chi connectivity index (χ1n) is 5.63. The van der Waals surface area contributed by atoms with Gasteiger partial charge in [-0.15, -0.1) is 0 Å². The zero-order valence-electron chi connectivity index (χ0n) is 9.05. The van der Waals surface area contributed by atoms with Gasteiger partial charge >= 0.3 is 0 Å². The Morgan fingerprint density at radius 1 is 1.38 bits per heavy atom. The summed E-state index contributed by atoms with van der Waals surface area (Å²) < 4.78 is 13.6. The van der Waals surface area contributed by atoms with Gasteiger partial charge in [0.25, 0.3) is 0 Å². The molecule has 0 bridgehead atoms. The lowest BCUT2D eigenvalue weighted by Crippen LogP contribution is -2.35. The summed E-state index contributed by atoms with van der Waals surface area (Å²) in [5, 5.41) is 3.34. The molecule has 0 aromatic heterocycles. The van der Waals surface area contributed by atoms with E-state index < -0.39 is 0 Å². The number of hydrogen-bond donors (Lipinski definition) is 2. The van der Waals surface area contributed by atoms with Crippen LogP contribution in [0.25, 0.3) is 0 Å². The van der Waals surface area contributed by atoms with Gasteiger partial charge in [-0.1, -0.05) is 17.7 Å². The molecule has 2 unspecified atom stereocenters. The number of halogens is 2. The maximum absolute atomic E-state index is 13.6. The van der Waals surface area contributed by atoms with Crippen LogP contribution >= 0.6 is 11.6 Å². The van der Waals surface area contributed by atoms with E-state index in [4.69, 9.17) is 17.3 Å². The minimum atomic E-state index is -0.372. The Kier molecular flexibility index (Phi) is 3.66. The summed E-state index contributed by atoms with van der Waals surface area (Å²) in [5.74, 6) is -0.372. The molecule has 2 nitrogen and oxygen atoms in total. The maximum Gasteiger partial charge on any atom is 0.164 e. The largest absolute Gasteiger partial charge is 0.380 e. The summed E-state index contributed by atoms with van der Waals surface area (Å²) in [6, 6.07) is 5.50. The molecule has 1 fully saturated rings. The Morgan fingerprint density at radius 3 is 2.94 bits per heavy atom. The van der Waals surface area contributed by atoms with Crippen LogP contribution in [0, 0.1) is 5.82 Å². The van der Waals surface area contributed by atoms with Gasteiger partial charge in [0.15, 0.2) is 5.82 Å². The fourth-order valence-electron chi connectivity index (χ4n) is 2.19. The molecule has 0 amide bonds. The molecule has 1 aliphatic rings. The summed E-state index contributed by atoms with van der Waals surface area (Å²) in [4.78, 5) is 0. The van der Waals surface area contributed by atoms with Crippen LogP contribution in [0.4, 0.5) is 10.1 Å². The fourth-order valence-corrected chi connectivity index (χ4v) is 2.37. The smallest absolute Gasteiger partial charge is 0.164 e. The molecule has 0 heterocycles. The van der Waals surface area contributed by atoms with Crippen LogP contribution < -0.4 is 11.1 Å². The number of nitrogens with one attached hydrogen (secondary N) is 1. The van der Waals surface area contributed by atoms with Crippen LogP contribution in [0.3, 0.4) is 0 Å². The van der Waals surface area contributed by atoms with E-state index in [-0.39, 0.29) is 22.9 Å². The van der Waals surface area contributed by atoms with Gasteiger partial charge in [0.1, 0.15) is 0 Å². The van der Waals surface area contributed by atoms with Crippen molar-refractivity contribution in [1.29, 1.82) is 0 Å². The van der Waals surface area contributed by atoms with Crippen molar-refractivity contribution in [3.05, 3.63) is 29.0 Å². The van der Waals surface area contributed by atoms with E-state index in [1.54, 1.807) is 18.2 Å². The first-order chi connectivity index (χ1) is 7.66. The van der Waals surface area contributed by atoms with E-state index in [1.807, 2.05) is 0 Å². The molecule has 1 saturated carbocycles. The molecule has 0 aliphatic heterocycles. The highest BCUT2D eigenvalue weighted by Gasteiger charge is 2.20. The number of rotatable bonds is 2. The number of anilines is 1. The van der Waals surface area contributed by atoms with Gasteiger partial charge in [-0.3, -0.25) is 0 Å². The highest BCUT2D eigenvalue weighted by Crippen LogP contribution is 2.26. The number of hydrogen-bond acceptors (Lipinski definition) is 2. The van der Waals surface area contributed by atoms with Gasteiger partial charge in [-0.2, -0.15) is 0 Å². The molecular formula is C12H16ClFN2. The van der Waals surface area contributed by atoms with Gasteiger partial charge in [0.05, 0.1) is 10.7 Å². The van der Waals surface area contributed by atoms with Crippen molar-refractivity contribution in [1.82, 2.24) is 0 Å². The molecule has 2 rings (SSSR count). The van der Waals surface area contributed by atoms with Crippen LogP contribution in [-0.4, -0.2) is 12.1 Å². The Labute approximate surface area is 100.0 Å². The van der Waals surface area contributed by atoms with Crippen molar-refractivity contribution in [2.75, 3.05) is 5.32 Å². The maximum atomic E-state index is 13.6. The van der Waals surface area contributed by atoms with E-state index >= 15 is 0 Å². The second-order valence-electron chi connectivity index (χ2n) is 4.37. The molecule has 0 radical (unpaired) electrons. The third-order valence-electron chi connectivity index (χ3n) is 3.03. The SMILES string of the molecule is NC1CCCC(Nc2cccc(Cl)c2F)C1. The molecule has 1 aromatic carbocycles. The Balaban J connectivity index is 2.05. The predicted molar refractivity (Wildman–Crippen MR) is 65.3 cm³/mol. The zero-order valence-corrected chi connectivity index (χ0v) is 9.80. The van der Waals surface area contributed by atoms with E-state index in [9.17, 15) is 4.39 Å². The zero-order chi connectivity index (χ0) is 11.5. The minimum absolute atomic E-state index is 0.158. The summed E-state index contributed by atoms with van der Waals surface area (Å²) in [6.07, 6.45) is 4.10. The fraction of sp³-hybridized carbons (Fsp3) is 0.500. The lowest BCUT2D eigenvalue weighted by atomic mass is 9.91. The van der Waals surface area contributed by atoms with E-state index in [2.05, 4.69) is 5.32 Å². The highest BCUT2D eigenvalue weighted by molar-refractivity contribution is 6.31. The topological polar surface area (TPSA) is 38.0 Å². The second-order valence-corrected chi connectivity index (χ2v) is 4.78. The molecule has 16 heavy (non-hydrogen) atoms. The van der Waals surface area contributed by atoms with Gasteiger partial charge in [-0.05, 0) is 37.8 Å². The Morgan fingerprint density at radius 2 is 2.19 bits per heavy atom. The standard InChI is InChI=1S/C12H16ClFN2/c13-10-5-2-6-11(12(10)14)16-9-4-1-3-8(15)7-9/h2,5-6,8-9,16H,1,3-4,7,15H2. The van der Waals surface area contributed by atoms with Crippen molar-refractivity contribution in [2.24, 2.45) is 5.73 Å². The molecule has 1 aliphatic carbocycles. The van der Waals surface area contributed by atoms with Crippen molar-refractivity contribution in [3.63, 3.8) is 0 Å². The summed E-state index contributed by atoms with van der Waals surface area (Å²) in [6.45, 7) is 0. The van der Waals surface area contributed by atoms with E-state index in [0.29, 0.717) is 5.69 Å². The van der Waals surface area contributed by atoms with Crippen LogP contribution in [0.5, 0.6) is 0 Å². The number of benzene rings is 1. The predicted octanol–water partition coefficient (Wildman–Crippen LogP) is 3.16. The van der Waals surface area contributed by atoms with Crippen molar-refractivity contribution < 1.29 is 4.39 Å². The molecule has 0 saturated heterocycles. The second kappa shape index (κ2) is 5.02. The minimum Gasteiger partial charge on any atom is -0.380 e. The average Bonchev–Trinajstić information content (AvgIpc) is 2.25. The monoisotopic (exact) mass is 242 g/mol. The van der Waals surface area contributed by atoms with Crippen LogP contribution in [0.15, 0.2) is 18.2 Å². The van der Waals surface area contributed by atoms with Crippen LogP contribution in [0.2, 0.25) is 5.02 Å². The molecule has 1 aromatic rings. The van der Waals surface area contributed by atoms with Gasteiger partial charge in [0.2, 0.25) is 0 Å². The third kappa shape index (κ3) is 2.66. The van der Waals surface area contributed by atoms with E-state index in [0.717, 1.165) is 25.7 Å². The molecule has 88 valence electrons. The first kappa shape index (κ1) is 11.7. The Hall–Kier alpha value is -0.800. The van der Waals surface area contributed by atoms with Crippen LogP contribution in [0.1, 0.15) is 25.7 Å². The normalized spacial score (nSPS) is 25.4. The van der Waals surface area contributed by atoms with Crippen molar-refractivity contribution >= 4 is 17.3 Å². The molecule has 0 spiro atoms. The van der Waals surface area contributed by atoms with Crippen LogP contribution in [-0.2, 0) is 0 Å².